The Balaban J connectivity index is 2.36. The van der Waals surface area contributed by atoms with Crippen LogP contribution in [0.5, 0.6) is 17.2 Å². The van der Waals surface area contributed by atoms with E-state index in [9.17, 15) is 22.9 Å². The highest BCUT2D eigenvalue weighted by atomic mass is 32.2. The topological polar surface area (TPSA) is 105 Å². The van der Waals surface area contributed by atoms with E-state index < -0.39 is 32.0 Å². The first-order valence-electron chi connectivity index (χ1n) is 7.84. The second-order valence-electron chi connectivity index (χ2n) is 5.60. The van der Waals surface area contributed by atoms with E-state index in [1.54, 1.807) is 12.1 Å². The molecule has 2 aromatic rings. The van der Waals surface area contributed by atoms with Gasteiger partial charge < -0.3 is 14.2 Å². The first-order chi connectivity index (χ1) is 13.2. The molecule has 0 saturated carbocycles. The van der Waals surface area contributed by atoms with Gasteiger partial charge in [0, 0.05) is 23.6 Å². The van der Waals surface area contributed by atoms with Crippen molar-refractivity contribution in [3.63, 3.8) is 0 Å². The minimum Gasteiger partial charge on any atom is -0.496 e. The summed E-state index contributed by atoms with van der Waals surface area (Å²) in [6, 6.07) is 6.08. The molecule has 0 aliphatic carbocycles. The third-order valence-electron chi connectivity index (χ3n) is 3.77. The van der Waals surface area contributed by atoms with E-state index >= 15 is 0 Å². The molecule has 0 N–H and O–H groups in total. The normalized spacial score (nSPS) is 11.4. The lowest BCUT2D eigenvalue weighted by atomic mass is 10.1. The highest BCUT2D eigenvalue weighted by molar-refractivity contribution is 7.93. The van der Waals surface area contributed by atoms with Crippen LogP contribution in [0.2, 0.25) is 0 Å². The lowest BCUT2D eigenvalue weighted by Gasteiger charge is -2.12. The second kappa shape index (κ2) is 8.70. The van der Waals surface area contributed by atoms with Crippen LogP contribution in [0.4, 0.5) is 10.1 Å². The number of halogens is 1. The number of hydrogen-bond acceptors (Lipinski definition) is 7. The molecule has 0 bridgehead atoms. The maximum Gasteiger partial charge on any atom is 0.305 e. The Morgan fingerprint density at radius 1 is 1.07 bits per heavy atom. The number of ether oxygens (including phenoxy) is 3. The quantitative estimate of drug-likeness (QED) is 0.484. The Morgan fingerprint density at radius 3 is 2.18 bits per heavy atom. The first-order valence-corrected chi connectivity index (χ1v) is 9.56. The molecule has 28 heavy (non-hydrogen) atoms. The SMILES string of the molecule is COc1cc(OC)c(/C=C/S(=O)(=O)Cc2ccc(F)c([N+](=O)[O-])c2)c(OC)c1. The molecule has 0 radical (unpaired) electrons. The molecule has 0 aliphatic rings. The molecule has 0 saturated heterocycles. The average molecular weight is 411 g/mol. The number of rotatable bonds is 8. The molecule has 0 spiro atoms. The van der Waals surface area contributed by atoms with Crippen molar-refractivity contribution >= 4 is 21.6 Å². The van der Waals surface area contributed by atoms with Crippen molar-refractivity contribution in [1.29, 1.82) is 0 Å². The highest BCUT2D eigenvalue weighted by Gasteiger charge is 2.18. The van der Waals surface area contributed by atoms with E-state index in [4.69, 9.17) is 14.2 Å². The maximum atomic E-state index is 13.4. The zero-order valence-corrected chi connectivity index (χ0v) is 16.2. The van der Waals surface area contributed by atoms with Crippen molar-refractivity contribution in [1.82, 2.24) is 0 Å². The van der Waals surface area contributed by atoms with E-state index in [1.807, 2.05) is 0 Å². The Labute approximate surface area is 161 Å². The van der Waals surface area contributed by atoms with Gasteiger partial charge in [-0.25, -0.2) is 8.42 Å². The second-order valence-corrected chi connectivity index (χ2v) is 7.48. The van der Waals surface area contributed by atoms with Gasteiger partial charge in [-0.3, -0.25) is 10.1 Å². The molecule has 0 heterocycles. The predicted molar refractivity (Wildman–Crippen MR) is 101 cm³/mol. The van der Waals surface area contributed by atoms with Crippen LogP contribution in [0.1, 0.15) is 11.1 Å². The minimum absolute atomic E-state index is 0.0893. The van der Waals surface area contributed by atoms with Crippen LogP contribution in [0.3, 0.4) is 0 Å². The molecule has 0 fully saturated rings. The van der Waals surface area contributed by atoms with Gasteiger partial charge in [0.15, 0.2) is 9.84 Å². The van der Waals surface area contributed by atoms with Crippen molar-refractivity contribution in [3.8, 4) is 17.2 Å². The molecule has 2 rings (SSSR count). The number of methoxy groups -OCH3 is 3. The molecule has 150 valence electrons. The highest BCUT2D eigenvalue weighted by Crippen LogP contribution is 2.35. The fourth-order valence-electron chi connectivity index (χ4n) is 2.44. The Kier molecular flexibility index (Phi) is 6.57. The molecule has 0 aliphatic heterocycles. The number of hydrogen-bond donors (Lipinski definition) is 0. The fourth-order valence-corrected chi connectivity index (χ4v) is 3.52. The Morgan fingerprint density at radius 2 is 1.68 bits per heavy atom. The minimum atomic E-state index is -3.82. The molecule has 0 amide bonds. The summed E-state index contributed by atoms with van der Waals surface area (Å²) < 4.78 is 53.8. The molecular weight excluding hydrogens is 393 g/mol. The van der Waals surface area contributed by atoms with Gasteiger partial charge in [-0.15, -0.1) is 0 Å². The summed E-state index contributed by atoms with van der Waals surface area (Å²) in [5, 5.41) is 11.7. The van der Waals surface area contributed by atoms with Gasteiger partial charge in [-0.05, 0) is 17.7 Å². The Hall–Kier alpha value is -3.14. The molecule has 8 nitrogen and oxygen atoms in total. The van der Waals surface area contributed by atoms with Crippen LogP contribution in [0.15, 0.2) is 35.7 Å². The summed E-state index contributed by atoms with van der Waals surface area (Å²) in [4.78, 5) is 9.90. The zero-order chi connectivity index (χ0) is 20.9. The van der Waals surface area contributed by atoms with Crippen molar-refractivity contribution in [2.24, 2.45) is 0 Å². The smallest absolute Gasteiger partial charge is 0.305 e. The largest absolute Gasteiger partial charge is 0.496 e. The van der Waals surface area contributed by atoms with Crippen LogP contribution in [0.25, 0.3) is 6.08 Å². The van der Waals surface area contributed by atoms with Gasteiger partial charge in [0.25, 0.3) is 0 Å². The number of benzene rings is 2. The van der Waals surface area contributed by atoms with Crippen LogP contribution in [0, 0.1) is 15.9 Å². The molecular formula is C18H18FNO7S. The predicted octanol–water partition coefficient (Wildman–Crippen LogP) is 3.35. The van der Waals surface area contributed by atoms with E-state index in [2.05, 4.69) is 0 Å². The van der Waals surface area contributed by atoms with Gasteiger partial charge in [0.2, 0.25) is 5.82 Å². The fraction of sp³-hybridized carbons (Fsp3) is 0.222. The van der Waals surface area contributed by atoms with E-state index in [-0.39, 0.29) is 5.56 Å². The maximum absolute atomic E-state index is 13.4. The lowest BCUT2D eigenvalue weighted by molar-refractivity contribution is -0.387. The van der Waals surface area contributed by atoms with Gasteiger partial charge in [-0.2, -0.15) is 4.39 Å². The lowest BCUT2D eigenvalue weighted by Crippen LogP contribution is -2.02. The number of sulfone groups is 1. The molecule has 0 unspecified atom stereocenters. The summed E-state index contributed by atoms with van der Waals surface area (Å²) in [6.07, 6.45) is 1.30. The van der Waals surface area contributed by atoms with Crippen molar-refractivity contribution in [3.05, 3.63) is 62.8 Å². The van der Waals surface area contributed by atoms with Crippen molar-refractivity contribution in [2.45, 2.75) is 5.75 Å². The van der Waals surface area contributed by atoms with Crippen molar-refractivity contribution < 1.29 is 31.9 Å². The molecule has 2 aromatic carbocycles. The monoisotopic (exact) mass is 411 g/mol. The Bertz CT molecular complexity index is 994. The summed E-state index contributed by atoms with van der Waals surface area (Å²) in [6.45, 7) is 0. The van der Waals surface area contributed by atoms with Crippen LogP contribution < -0.4 is 14.2 Å². The number of nitro groups is 1. The summed E-state index contributed by atoms with van der Waals surface area (Å²) >= 11 is 0. The summed E-state index contributed by atoms with van der Waals surface area (Å²) in [5.41, 5.74) is -0.318. The molecule has 0 atom stereocenters. The van der Waals surface area contributed by atoms with E-state index in [0.717, 1.165) is 17.5 Å². The van der Waals surface area contributed by atoms with Crippen LogP contribution in [-0.2, 0) is 15.6 Å². The van der Waals surface area contributed by atoms with Crippen LogP contribution in [-0.4, -0.2) is 34.7 Å². The van der Waals surface area contributed by atoms with E-state index in [1.165, 1.54) is 33.5 Å². The summed E-state index contributed by atoms with van der Waals surface area (Å²) in [5.74, 6) is -0.437. The summed E-state index contributed by atoms with van der Waals surface area (Å²) in [7, 11) is 0.475. The van der Waals surface area contributed by atoms with Gasteiger partial charge in [0.1, 0.15) is 17.2 Å². The van der Waals surface area contributed by atoms with Gasteiger partial charge in [0.05, 0.1) is 37.6 Å². The number of nitro benzene ring substituents is 1. The van der Waals surface area contributed by atoms with Gasteiger partial charge >= 0.3 is 5.69 Å². The third kappa shape index (κ3) is 4.97. The first kappa shape index (κ1) is 21.2. The van der Waals surface area contributed by atoms with Crippen molar-refractivity contribution in [2.75, 3.05) is 21.3 Å². The van der Waals surface area contributed by atoms with E-state index in [0.29, 0.717) is 22.8 Å². The number of nitrogens with zero attached hydrogens (tertiary/aromatic N) is 1. The van der Waals surface area contributed by atoms with Gasteiger partial charge in [-0.1, -0.05) is 6.07 Å². The zero-order valence-electron chi connectivity index (χ0n) is 15.3. The molecule has 10 heteroatoms. The third-order valence-corrected chi connectivity index (χ3v) is 5.06. The average Bonchev–Trinajstić information content (AvgIpc) is 2.66. The standard InChI is InChI=1S/C18H18FNO7S/c1-25-13-9-17(26-2)14(18(10-13)27-3)6-7-28(23,24)11-12-4-5-15(19)16(8-12)20(21)22/h4-10H,11H2,1-3H3/b7-6+. The van der Waals surface area contributed by atoms with Crippen LogP contribution >= 0.6 is 0 Å². The molecule has 0 aromatic heterocycles.